The van der Waals surface area contributed by atoms with E-state index < -0.39 is 0 Å². The summed E-state index contributed by atoms with van der Waals surface area (Å²) in [5, 5.41) is 10.2. The molecule has 0 radical (unpaired) electrons. The van der Waals surface area contributed by atoms with E-state index in [9.17, 15) is 10.1 Å². The highest BCUT2D eigenvalue weighted by molar-refractivity contribution is 8.03. The Morgan fingerprint density at radius 3 is 2.73 bits per heavy atom. The largest absolute Gasteiger partial charge is 0.462 e. The normalized spacial score (nSPS) is 11.4. The minimum atomic E-state index is -0.353. The van der Waals surface area contributed by atoms with Crippen molar-refractivity contribution in [3.05, 3.63) is 76.9 Å². The van der Waals surface area contributed by atoms with E-state index in [1.54, 1.807) is 43.3 Å². The van der Waals surface area contributed by atoms with Gasteiger partial charge >= 0.3 is 5.97 Å². The molecule has 0 amide bonds. The van der Waals surface area contributed by atoms with Crippen molar-refractivity contribution in [2.45, 2.75) is 12.1 Å². The van der Waals surface area contributed by atoms with Crippen LogP contribution in [0.5, 0.6) is 0 Å². The molecule has 0 bridgehead atoms. The summed E-state index contributed by atoms with van der Waals surface area (Å²) < 4.78 is 10.8. The Labute approximate surface area is 177 Å². The van der Waals surface area contributed by atoms with Gasteiger partial charge in [-0.2, -0.15) is 5.26 Å². The summed E-state index contributed by atoms with van der Waals surface area (Å²) in [6, 6.07) is 20.5. The van der Waals surface area contributed by atoms with Crippen LogP contribution in [0.2, 0.25) is 0 Å². The number of allylic oxidation sites excluding steroid dienone is 1. The third kappa shape index (κ3) is 4.29. The number of ether oxygens (including phenoxy) is 1. The number of esters is 1. The second kappa shape index (κ2) is 8.72. The molecule has 2 heterocycles. The first-order valence-corrected chi connectivity index (χ1v) is 10.1. The maximum atomic E-state index is 11.8. The second-order valence-corrected chi connectivity index (χ2v) is 7.31. The lowest BCUT2D eigenvalue weighted by Gasteiger charge is -2.02. The second-order valence-electron chi connectivity index (χ2n) is 6.28. The van der Waals surface area contributed by atoms with E-state index in [0.29, 0.717) is 33.8 Å². The van der Waals surface area contributed by atoms with E-state index in [4.69, 9.17) is 9.15 Å². The van der Waals surface area contributed by atoms with Gasteiger partial charge in [-0.05, 0) is 55.1 Å². The number of hydrogen-bond acceptors (Lipinski definition) is 6. The molecule has 0 aliphatic heterocycles. The third-order valence-corrected chi connectivity index (χ3v) is 5.08. The maximum Gasteiger partial charge on any atom is 0.338 e. The first-order chi connectivity index (χ1) is 14.7. The highest BCUT2D eigenvalue weighted by Crippen LogP contribution is 2.29. The zero-order valence-corrected chi connectivity index (χ0v) is 16.9. The Morgan fingerprint density at radius 2 is 2.00 bits per heavy atom. The number of furan rings is 1. The van der Waals surface area contributed by atoms with E-state index >= 15 is 0 Å². The Kier molecular flexibility index (Phi) is 5.68. The van der Waals surface area contributed by atoms with Crippen LogP contribution < -0.4 is 0 Å². The number of H-pyrrole nitrogens is 1. The summed E-state index contributed by atoms with van der Waals surface area (Å²) in [5.41, 5.74) is 3.08. The Morgan fingerprint density at radius 1 is 1.20 bits per heavy atom. The molecule has 0 fully saturated rings. The highest BCUT2D eigenvalue weighted by atomic mass is 32.2. The number of carbonyl (C=O) groups is 1. The van der Waals surface area contributed by atoms with Crippen LogP contribution in [-0.2, 0) is 4.74 Å². The van der Waals surface area contributed by atoms with Gasteiger partial charge in [0.2, 0.25) is 0 Å². The number of fused-ring (bicyclic) bond motifs is 1. The first kappa shape index (κ1) is 19.6. The van der Waals surface area contributed by atoms with E-state index in [2.05, 4.69) is 16.0 Å². The van der Waals surface area contributed by atoms with Gasteiger partial charge in [0.1, 0.15) is 17.6 Å². The molecule has 0 atom stereocenters. The zero-order chi connectivity index (χ0) is 20.9. The lowest BCUT2D eigenvalue weighted by Crippen LogP contribution is -2.03. The molecule has 2 aromatic heterocycles. The lowest BCUT2D eigenvalue weighted by atomic mass is 10.1. The molecule has 4 rings (SSSR count). The van der Waals surface area contributed by atoms with Gasteiger partial charge in [-0.1, -0.05) is 24.3 Å². The predicted octanol–water partition coefficient (Wildman–Crippen LogP) is 5.66. The molecule has 0 aliphatic carbocycles. The summed E-state index contributed by atoms with van der Waals surface area (Å²) in [4.78, 5) is 19.9. The number of imidazole rings is 1. The Bertz CT molecular complexity index is 1230. The number of rotatable bonds is 6. The van der Waals surface area contributed by atoms with Crippen molar-refractivity contribution in [1.82, 2.24) is 9.97 Å². The minimum Gasteiger partial charge on any atom is -0.462 e. The van der Waals surface area contributed by atoms with Gasteiger partial charge in [-0.15, -0.1) is 0 Å². The molecule has 0 aliphatic rings. The van der Waals surface area contributed by atoms with Crippen molar-refractivity contribution in [3.63, 3.8) is 0 Å². The molecule has 4 aromatic rings. The molecule has 30 heavy (non-hydrogen) atoms. The van der Waals surface area contributed by atoms with Crippen LogP contribution in [0, 0.1) is 11.3 Å². The SMILES string of the molecule is CCOC(=O)c1ccc(-c2ccc(/C=C(\C#N)Sc3nc4ccccc4[nH]3)o2)cc1. The molecule has 148 valence electrons. The van der Waals surface area contributed by atoms with Gasteiger partial charge in [0.15, 0.2) is 5.16 Å². The quantitative estimate of drug-likeness (QED) is 0.248. The Balaban J connectivity index is 1.51. The molecule has 2 aromatic carbocycles. The van der Waals surface area contributed by atoms with Crippen LogP contribution in [0.4, 0.5) is 0 Å². The van der Waals surface area contributed by atoms with Gasteiger partial charge in [-0.3, -0.25) is 0 Å². The Hall–Kier alpha value is -3.76. The van der Waals surface area contributed by atoms with Gasteiger partial charge < -0.3 is 14.1 Å². The fourth-order valence-corrected chi connectivity index (χ4v) is 3.60. The topological polar surface area (TPSA) is 91.9 Å². The molecule has 0 unspecified atom stereocenters. The van der Waals surface area contributed by atoms with Crippen LogP contribution in [0.1, 0.15) is 23.0 Å². The van der Waals surface area contributed by atoms with Crippen molar-refractivity contribution in [3.8, 4) is 17.4 Å². The first-order valence-electron chi connectivity index (χ1n) is 9.28. The monoisotopic (exact) mass is 415 g/mol. The highest BCUT2D eigenvalue weighted by Gasteiger charge is 2.10. The minimum absolute atomic E-state index is 0.335. The van der Waals surface area contributed by atoms with Crippen LogP contribution >= 0.6 is 11.8 Å². The molecular formula is C23H17N3O3S. The summed E-state index contributed by atoms with van der Waals surface area (Å²) in [6.07, 6.45) is 1.67. The average molecular weight is 415 g/mol. The van der Waals surface area contributed by atoms with Crippen LogP contribution in [0.15, 0.2) is 75.1 Å². The number of nitrogens with zero attached hydrogens (tertiary/aromatic N) is 2. The van der Waals surface area contributed by atoms with Crippen molar-refractivity contribution >= 4 is 34.8 Å². The summed E-state index contributed by atoms with van der Waals surface area (Å²) >= 11 is 1.25. The molecule has 0 saturated carbocycles. The number of aromatic amines is 1. The van der Waals surface area contributed by atoms with E-state index in [-0.39, 0.29) is 5.97 Å². The number of nitriles is 1. The van der Waals surface area contributed by atoms with Crippen molar-refractivity contribution in [2.75, 3.05) is 6.61 Å². The number of benzene rings is 2. The molecular weight excluding hydrogens is 398 g/mol. The number of carbonyl (C=O) groups excluding carboxylic acids is 1. The zero-order valence-electron chi connectivity index (χ0n) is 16.1. The fourth-order valence-electron chi connectivity index (χ4n) is 2.87. The van der Waals surface area contributed by atoms with Gasteiger partial charge in [0, 0.05) is 11.6 Å². The number of nitrogens with one attached hydrogen (secondary N) is 1. The van der Waals surface area contributed by atoms with Gasteiger partial charge in [-0.25, -0.2) is 9.78 Å². The van der Waals surface area contributed by atoms with E-state index in [1.165, 1.54) is 11.8 Å². The number of aromatic nitrogens is 2. The molecule has 1 N–H and O–H groups in total. The standard InChI is InChI=1S/C23H17N3O3S/c1-2-28-22(27)16-9-7-15(8-10-16)21-12-11-17(29-21)13-18(14-24)30-23-25-19-5-3-4-6-20(19)26-23/h3-13H,2H2,1H3,(H,25,26)/b18-13+. The summed E-state index contributed by atoms with van der Waals surface area (Å²) in [6.45, 7) is 2.11. The molecule has 0 saturated heterocycles. The average Bonchev–Trinajstić information content (AvgIpc) is 3.40. The van der Waals surface area contributed by atoms with E-state index in [1.807, 2.05) is 30.3 Å². The lowest BCUT2D eigenvalue weighted by molar-refractivity contribution is 0.0526. The summed E-state index contributed by atoms with van der Waals surface area (Å²) in [7, 11) is 0. The van der Waals surface area contributed by atoms with Crippen molar-refractivity contribution < 1.29 is 13.9 Å². The van der Waals surface area contributed by atoms with Gasteiger partial charge in [0.25, 0.3) is 0 Å². The van der Waals surface area contributed by atoms with Crippen LogP contribution in [0.3, 0.4) is 0 Å². The smallest absolute Gasteiger partial charge is 0.338 e. The molecule has 0 spiro atoms. The number of para-hydroxylation sites is 2. The fraction of sp³-hybridized carbons (Fsp3) is 0.0870. The summed E-state index contributed by atoms with van der Waals surface area (Å²) in [5.74, 6) is 0.843. The van der Waals surface area contributed by atoms with E-state index in [0.717, 1.165) is 16.6 Å². The van der Waals surface area contributed by atoms with Crippen LogP contribution in [-0.4, -0.2) is 22.5 Å². The maximum absolute atomic E-state index is 11.8. The van der Waals surface area contributed by atoms with Gasteiger partial charge in [0.05, 0.1) is 28.1 Å². The molecule has 7 heteroatoms. The van der Waals surface area contributed by atoms with Crippen LogP contribution in [0.25, 0.3) is 28.4 Å². The van der Waals surface area contributed by atoms with Crippen molar-refractivity contribution in [2.24, 2.45) is 0 Å². The molecule has 6 nitrogen and oxygen atoms in total. The third-order valence-electron chi connectivity index (χ3n) is 4.27. The number of hydrogen-bond donors (Lipinski definition) is 1. The van der Waals surface area contributed by atoms with Crippen molar-refractivity contribution in [1.29, 1.82) is 5.26 Å². The predicted molar refractivity (Wildman–Crippen MR) is 116 cm³/mol. The number of thioether (sulfide) groups is 1.